The Bertz CT molecular complexity index is 1610. The third kappa shape index (κ3) is 6.55. The van der Waals surface area contributed by atoms with Gasteiger partial charge in [0, 0.05) is 22.9 Å². The minimum atomic E-state index is -0.796. The Kier molecular flexibility index (Phi) is 8.85. The number of aryl methyl sites for hydroxylation is 1. The third-order valence-electron chi connectivity index (χ3n) is 6.25. The summed E-state index contributed by atoms with van der Waals surface area (Å²) < 4.78 is 21.5. The van der Waals surface area contributed by atoms with Crippen LogP contribution in [0, 0.1) is 17.0 Å². The molecule has 1 aliphatic rings. The number of hydrogen-bond acceptors (Lipinski definition) is 10. The van der Waals surface area contributed by atoms with Crippen LogP contribution in [0.15, 0.2) is 69.3 Å². The number of nitrogens with one attached hydrogen (secondary N) is 3. The largest absolute Gasteiger partial charge is 0.493 e. The van der Waals surface area contributed by atoms with Crippen LogP contribution in [-0.4, -0.2) is 49.9 Å². The van der Waals surface area contributed by atoms with Crippen LogP contribution in [0.1, 0.15) is 29.9 Å². The number of nitrogens with zero attached hydrogens (tertiary/aromatic N) is 2. The summed E-state index contributed by atoms with van der Waals surface area (Å²) in [6.07, 6.45) is 1.28. The minimum absolute atomic E-state index is 0.0198. The highest BCUT2D eigenvalue weighted by Gasteiger charge is 2.32. The predicted molar refractivity (Wildman–Crippen MR) is 149 cm³/mol. The molecular weight excluding hydrogens is 550 g/mol. The number of nitro benzene ring substituents is 1. The molecular formula is C28H27N5O9. The van der Waals surface area contributed by atoms with E-state index < -0.39 is 35.5 Å². The van der Waals surface area contributed by atoms with E-state index in [0.717, 1.165) is 0 Å². The van der Waals surface area contributed by atoms with Gasteiger partial charge >= 0.3 is 12.0 Å². The normalized spacial score (nSPS) is 14.7. The average Bonchev–Trinajstić information content (AvgIpc) is 3.44. The molecule has 0 aliphatic carbocycles. The molecule has 1 atom stereocenters. The maximum atomic E-state index is 12.3. The van der Waals surface area contributed by atoms with E-state index in [0.29, 0.717) is 33.9 Å². The molecule has 0 spiro atoms. The molecule has 3 N–H and O–H groups in total. The summed E-state index contributed by atoms with van der Waals surface area (Å²) in [6, 6.07) is 11.5. The van der Waals surface area contributed by atoms with Gasteiger partial charge in [-0.3, -0.25) is 14.9 Å². The van der Waals surface area contributed by atoms with E-state index in [2.05, 4.69) is 21.2 Å². The van der Waals surface area contributed by atoms with Gasteiger partial charge in [-0.25, -0.2) is 15.0 Å². The highest BCUT2D eigenvalue weighted by molar-refractivity contribution is 5.95. The Balaban J connectivity index is 1.38. The molecule has 42 heavy (non-hydrogen) atoms. The van der Waals surface area contributed by atoms with E-state index in [1.807, 2.05) is 0 Å². The monoisotopic (exact) mass is 577 g/mol. The Morgan fingerprint density at radius 3 is 2.62 bits per heavy atom. The predicted octanol–water partition coefficient (Wildman–Crippen LogP) is 3.50. The zero-order valence-electron chi connectivity index (χ0n) is 23.0. The molecule has 2 heterocycles. The van der Waals surface area contributed by atoms with Gasteiger partial charge in [-0.2, -0.15) is 5.10 Å². The van der Waals surface area contributed by atoms with Crippen molar-refractivity contribution in [2.45, 2.75) is 19.9 Å². The Labute approximate surface area is 239 Å². The molecule has 2 aromatic carbocycles. The first kappa shape index (κ1) is 29.3. The first-order valence-corrected chi connectivity index (χ1v) is 12.5. The number of esters is 1. The fraction of sp³-hybridized carbons (Fsp3) is 0.214. The molecule has 0 saturated carbocycles. The number of carbonyl (C=O) groups is 3. The van der Waals surface area contributed by atoms with Gasteiger partial charge in [0.25, 0.3) is 11.6 Å². The molecule has 3 aromatic rings. The molecule has 1 aliphatic heterocycles. The van der Waals surface area contributed by atoms with E-state index >= 15 is 0 Å². The summed E-state index contributed by atoms with van der Waals surface area (Å²) in [5, 5.41) is 20.3. The van der Waals surface area contributed by atoms with Gasteiger partial charge in [0.2, 0.25) is 0 Å². The van der Waals surface area contributed by atoms with E-state index in [9.17, 15) is 24.5 Å². The smallest absolute Gasteiger partial charge is 0.337 e. The molecule has 0 saturated heterocycles. The molecule has 0 bridgehead atoms. The number of hydrazone groups is 1. The zero-order valence-corrected chi connectivity index (χ0v) is 23.0. The van der Waals surface area contributed by atoms with Crippen molar-refractivity contribution in [2.24, 2.45) is 5.10 Å². The van der Waals surface area contributed by atoms with Gasteiger partial charge < -0.3 is 29.3 Å². The highest BCUT2D eigenvalue weighted by atomic mass is 16.6. The van der Waals surface area contributed by atoms with Crippen LogP contribution in [0.3, 0.4) is 0 Å². The van der Waals surface area contributed by atoms with Crippen LogP contribution < -0.4 is 25.5 Å². The van der Waals surface area contributed by atoms with Crippen molar-refractivity contribution in [3.8, 4) is 22.8 Å². The summed E-state index contributed by atoms with van der Waals surface area (Å²) >= 11 is 0. The van der Waals surface area contributed by atoms with Gasteiger partial charge in [-0.15, -0.1) is 0 Å². The summed E-state index contributed by atoms with van der Waals surface area (Å²) in [5.41, 5.74) is 4.48. The Hall–Kier alpha value is -5.66. The van der Waals surface area contributed by atoms with E-state index in [1.54, 1.807) is 56.3 Å². The summed E-state index contributed by atoms with van der Waals surface area (Å²) in [7, 11) is 2.65. The maximum absolute atomic E-state index is 12.3. The number of furan rings is 1. The number of amides is 3. The van der Waals surface area contributed by atoms with Crippen LogP contribution in [0.4, 0.5) is 10.5 Å². The average molecular weight is 578 g/mol. The fourth-order valence-corrected chi connectivity index (χ4v) is 4.19. The van der Waals surface area contributed by atoms with E-state index in [4.69, 9.17) is 18.6 Å². The summed E-state index contributed by atoms with van der Waals surface area (Å²) in [6.45, 7) is 2.84. The zero-order chi connectivity index (χ0) is 30.4. The Morgan fingerprint density at radius 2 is 1.90 bits per heavy atom. The van der Waals surface area contributed by atoms with E-state index in [-0.39, 0.29) is 22.8 Å². The lowest BCUT2D eigenvalue weighted by Crippen LogP contribution is -2.45. The molecule has 218 valence electrons. The number of carbonyl (C=O) groups excluding carboxylic acids is 3. The molecule has 0 fully saturated rings. The van der Waals surface area contributed by atoms with Crippen LogP contribution in [0.5, 0.6) is 11.5 Å². The van der Waals surface area contributed by atoms with Crippen LogP contribution in [0.2, 0.25) is 0 Å². The first-order chi connectivity index (χ1) is 20.1. The van der Waals surface area contributed by atoms with Crippen LogP contribution in [-0.2, 0) is 14.3 Å². The second kappa shape index (κ2) is 12.7. The lowest BCUT2D eigenvalue weighted by molar-refractivity contribution is -0.385. The molecule has 4 rings (SSSR count). The molecule has 14 heteroatoms. The molecule has 0 unspecified atom stereocenters. The van der Waals surface area contributed by atoms with Crippen molar-refractivity contribution in [1.82, 2.24) is 16.1 Å². The maximum Gasteiger partial charge on any atom is 0.337 e. The topological polar surface area (TPSA) is 184 Å². The number of allylic oxidation sites excluding steroid dienone is 1. The number of rotatable bonds is 10. The van der Waals surface area contributed by atoms with Crippen molar-refractivity contribution in [2.75, 3.05) is 20.8 Å². The molecule has 14 nitrogen and oxygen atoms in total. The second-order valence-corrected chi connectivity index (χ2v) is 9.01. The quantitative estimate of drug-likeness (QED) is 0.140. The molecule has 1 aromatic heterocycles. The molecule has 0 radical (unpaired) electrons. The van der Waals surface area contributed by atoms with Crippen molar-refractivity contribution in [3.05, 3.63) is 86.8 Å². The van der Waals surface area contributed by atoms with Crippen molar-refractivity contribution in [3.63, 3.8) is 0 Å². The number of benzene rings is 2. The number of nitro groups is 1. The lowest BCUT2D eigenvalue weighted by Gasteiger charge is -2.28. The van der Waals surface area contributed by atoms with Gasteiger partial charge in [0.15, 0.2) is 18.1 Å². The van der Waals surface area contributed by atoms with E-state index in [1.165, 1.54) is 26.5 Å². The van der Waals surface area contributed by atoms with Gasteiger partial charge in [-0.05, 0) is 43.7 Å². The van der Waals surface area contributed by atoms with Crippen molar-refractivity contribution < 1.29 is 37.9 Å². The summed E-state index contributed by atoms with van der Waals surface area (Å²) in [5.74, 6) is 0.0362. The SMILES string of the molecule is COC(=O)C1=C(C)NC(=O)N[C@H]1c1ccc(OCC(=O)N/N=C\c2ccc(-c3ccc(C)c([N+](=O)[O-])c3)o2)c(OC)c1. The molecule has 3 amide bonds. The first-order valence-electron chi connectivity index (χ1n) is 12.5. The lowest BCUT2D eigenvalue weighted by atomic mass is 9.95. The van der Waals surface area contributed by atoms with Gasteiger partial charge in [0.1, 0.15) is 11.5 Å². The second-order valence-electron chi connectivity index (χ2n) is 9.01. The van der Waals surface area contributed by atoms with Crippen molar-refractivity contribution >= 4 is 29.8 Å². The Morgan fingerprint density at radius 1 is 1.12 bits per heavy atom. The minimum Gasteiger partial charge on any atom is -0.493 e. The number of hydrogen-bond donors (Lipinski definition) is 3. The number of methoxy groups -OCH3 is 2. The number of ether oxygens (including phenoxy) is 3. The van der Waals surface area contributed by atoms with Gasteiger partial charge in [-0.1, -0.05) is 18.2 Å². The van der Waals surface area contributed by atoms with Crippen molar-refractivity contribution in [1.29, 1.82) is 0 Å². The third-order valence-corrected chi connectivity index (χ3v) is 6.25. The standard InChI is InChI=1S/C28H27N5O9/c1-15-5-6-17(11-20(15)33(37)38)21-10-8-19(42-21)13-29-32-24(34)14-41-22-9-7-18(12-23(22)39-3)26-25(27(35)40-4)16(2)30-28(36)31-26/h5-13,26H,14H2,1-4H3,(H,32,34)(H2,30,31,36)/b29-13-/t26-/m0/s1. The van der Waals surface area contributed by atoms with Gasteiger partial charge in [0.05, 0.1) is 37.0 Å². The van der Waals surface area contributed by atoms with Crippen LogP contribution in [0.25, 0.3) is 11.3 Å². The highest BCUT2D eigenvalue weighted by Crippen LogP contribution is 2.34. The summed E-state index contributed by atoms with van der Waals surface area (Å²) in [4.78, 5) is 47.4. The number of urea groups is 1. The van der Waals surface area contributed by atoms with Crippen LogP contribution >= 0.6 is 0 Å². The fourth-order valence-electron chi connectivity index (χ4n) is 4.19.